The third-order valence-corrected chi connectivity index (χ3v) is 4.96. The molecule has 26 heavy (non-hydrogen) atoms. The molecule has 0 radical (unpaired) electrons. The van der Waals surface area contributed by atoms with Gasteiger partial charge < -0.3 is 4.90 Å². The normalized spacial score (nSPS) is 17.8. The van der Waals surface area contributed by atoms with Gasteiger partial charge in [0.25, 0.3) is 5.91 Å². The Labute approximate surface area is 148 Å². The number of piperidine rings is 1. The first-order chi connectivity index (χ1) is 12.8. The van der Waals surface area contributed by atoms with Crippen molar-refractivity contribution in [3.8, 4) is 0 Å². The van der Waals surface area contributed by atoms with Crippen molar-refractivity contribution in [1.29, 1.82) is 0 Å². The summed E-state index contributed by atoms with van der Waals surface area (Å²) in [6.45, 7) is 1.39. The Hall–Kier alpha value is -3.29. The van der Waals surface area contributed by atoms with E-state index in [1.165, 1.54) is 0 Å². The van der Waals surface area contributed by atoms with Crippen LogP contribution in [0.5, 0.6) is 0 Å². The van der Waals surface area contributed by atoms with Crippen LogP contribution in [0.15, 0.2) is 43.0 Å². The maximum atomic E-state index is 13.0. The summed E-state index contributed by atoms with van der Waals surface area (Å²) in [5.74, 6) is 0.196. The number of hydrogen-bond acceptors (Lipinski definition) is 5. The van der Waals surface area contributed by atoms with E-state index in [1.807, 2.05) is 17.0 Å². The van der Waals surface area contributed by atoms with Gasteiger partial charge in [-0.05, 0) is 31.0 Å². The number of amides is 1. The average molecular weight is 347 g/mol. The van der Waals surface area contributed by atoms with Crippen LogP contribution in [-0.4, -0.2) is 53.7 Å². The first kappa shape index (κ1) is 15.0. The third-order valence-electron chi connectivity index (χ3n) is 4.96. The Kier molecular flexibility index (Phi) is 3.41. The highest BCUT2D eigenvalue weighted by atomic mass is 16.2. The molecule has 1 aliphatic heterocycles. The fourth-order valence-electron chi connectivity index (χ4n) is 3.62. The fourth-order valence-corrected chi connectivity index (χ4v) is 3.62. The van der Waals surface area contributed by atoms with E-state index in [9.17, 15) is 4.79 Å². The number of carbonyl (C=O) groups is 1. The molecule has 0 aromatic carbocycles. The standard InChI is InChI=1S/C18H17N7O/c26-18(14-10-21-25-8-2-6-19-17(14)25)24-7-1-3-13(11-24)15-5-4-12-9-20-23-16(12)22-15/h2,4-6,8-10,13H,1,3,7,11H2,(H,20,22,23). The molecule has 1 unspecified atom stereocenters. The molecule has 4 aromatic heterocycles. The van der Waals surface area contributed by atoms with Gasteiger partial charge in [0.1, 0.15) is 5.56 Å². The molecule has 130 valence electrons. The Morgan fingerprint density at radius 1 is 1.27 bits per heavy atom. The molecule has 8 nitrogen and oxygen atoms in total. The average Bonchev–Trinajstić information content (AvgIpc) is 3.33. The van der Waals surface area contributed by atoms with Crippen LogP contribution in [0.1, 0.15) is 34.8 Å². The van der Waals surface area contributed by atoms with Crippen LogP contribution in [0, 0.1) is 0 Å². The van der Waals surface area contributed by atoms with Gasteiger partial charge in [0.15, 0.2) is 11.3 Å². The van der Waals surface area contributed by atoms with E-state index in [1.54, 1.807) is 35.4 Å². The predicted molar refractivity (Wildman–Crippen MR) is 94.8 cm³/mol. The summed E-state index contributed by atoms with van der Waals surface area (Å²) in [7, 11) is 0. The lowest BCUT2D eigenvalue weighted by atomic mass is 9.93. The Morgan fingerprint density at radius 3 is 3.19 bits per heavy atom. The minimum absolute atomic E-state index is 0.0222. The van der Waals surface area contributed by atoms with Gasteiger partial charge >= 0.3 is 0 Å². The van der Waals surface area contributed by atoms with Crippen molar-refractivity contribution in [3.63, 3.8) is 0 Å². The molecule has 8 heteroatoms. The van der Waals surface area contributed by atoms with Gasteiger partial charge in [-0.15, -0.1) is 0 Å². The van der Waals surface area contributed by atoms with Gasteiger partial charge in [-0.1, -0.05) is 0 Å². The number of fused-ring (bicyclic) bond motifs is 2. The Morgan fingerprint density at radius 2 is 2.23 bits per heavy atom. The first-order valence-corrected chi connectivity index (χ1v) is 8.67. The topological polar surface area (TPSA) is 92.1 Å². The second kappa shape index (κ2) is 5.91. The lowest BCUT2D eigenvalue weighted by Crippen LogP contribution is -2.39. The zero-order valence-electron chi connectivity index (χ0n) is 14.0. The van der Waals surface area contributed by atoms with E-state index >= 15 is 0 Å². The molecule has 0 bridgehead atoms. The molecule has 4 aromatic rings. The second-order valence-electron chi connectivity index (χ2n) is 6.58. The molecule has 1 fully saturated rings. The molecule has 1 aliphatic rings. The summed E-state index contributed by atoms with van der Waals surface area (Å²) in [5.41, 5.74) is 2.93. The van der Waals surface area contributed by atoms with Crippen molar-refractivity contribution >= 4 is 22.6 Å². The maximum absolute atomic E-state index is 13.0. The van der Waals surface area contributed by atoms with Crippen LogP contribution in [0.25, 0.3) is 16.7 Å². The largest absolute Gasteiger partial charge is 0.338 e. The highest BCUT2D eigenvalue weighted by Crippen LogP contribution is 2.28. The van der Waals surface area contributed by atoms with Crippen molar-refractivity contribution in [2.45, 2.75) is 18.8 Å². The van der Waals surface area contributed by atoms with Crippen molar-refractivity contribution in [2.24, 2.45) is 0 Å². The minimum Gasteiger partial charge on any atom is -0.338 e. The zero-order valence-corrected chi connectivity index (χ0v) is 14.0. The van der Waals surface area contributed by atoms with Crippen LogP contribution >= 0.6 is 0 Å². The highest BCUT2D eigenvalue weighted by Gasteiger charge is 2.28. The van der Waals surface area contributed by atoms with Crippen molar-refractivity contribution < 1.29 is 4.79 Å². The number of hydrogen-bond donors (Lipinski definition) is 1. The highest BCUT2D eigenvalue weighted by molar-refractivity contribution is 5.99. The van der Waals surface area contributed by atoms with Gasteiger partial charge in [-0.2, -0.15) is 10.2 Å². The summed E-state index contributed by atoms with van der Waals surface area (Å²) in [5, 5.41) is 12.2. The monoisotopic (exact) mass is 347 g/mol. The van der Waals surface area contributed by atoms with E-state index in [2.05, 4.69) is 25.3 Å². The lowest BCUT2D eigenvalue weighted by Gasteiger charge is -2.32. The van der Waals surface area contributed by atoms with E-state index in [0.717, 1.165) is 36.1 Å². The fraction of sp³-hybridized carbons (Fsp3) is 0.278. The summed E-state index contributed by atoms with van der Waals surface area (Å²) >= 11 is 0. The molecule has 1 amide bonds. The molecule has 0 spiro atoms. The minimum atomic E-state index is -0.0222. The van der Waals surface area contributed by atoms with Crippen molar-refractivity contribution in [2.75, 3.05) is 13.1 Å². The molecular formula is C18H17N7O. The number of nitrogens with zero attached hydrogens (tertiary/aromatic N) is 6. The SMILES string of the molecule is O=C(c1cnn2cccnc12)N1CCCC(c2ccc3cn[nH]c3n2)C1. The van der Waals surface area contributed by atoms with E-state index in [-0.39, 0.29) is 11.8 Å². The van der Waals surface area contributed by atoms with Crippen molar-refractivity contribution in [1.82, 2.24) is 34.7 Å². The third kappa shape index (κ3) is 2.42. The van der Waals surface area contributed by atoms with Gasteiger partial charge in [0.2, 0.25) is 0 Å². The van der Waals surface area contributed by atoms with Crippen LogP contribution in [0.3, 0.4) is 0 Å². The molecule has 1 saturated heterocycles. The van der Waals surface area contributed by atoms with Gasteiger partial charge in [0.05, 0.1) is 12.4 Å². The smallest absolute Gasteiger partial charge is 0.259 e. The van der Waals surface area contributed by atoms with Gasteiger partial charge in [-0.3, -0.25) is 9.89 Å². The molecule has 1 N–H and O–H groups in total. The van der Waals surface area contributed by atoms with Crippen LogP contribution in [-0.2, 0) is 0 Å². The number of aromatic amines is 1. The second-order valence-corrected chi connectivity index (χ2v) is 6.58. The number of likely N-dealkylation sites (tertiary alicyclic amines) is 1. The van der Waals surface area contributed by atoms with Gasteiger partial charge in [-0.25, -0.2) is 14.5 Å². The molecule has 0 aliphatic carbocycles. The van der Waals surface area contributed by atoms with E-state index in [4.69, 9.17) is 0 Å². The zero-order chi connectivity index (χ0) is 17.5. The van der Waals surface area contributed by atoms with Gasteiger partial charge in [0, 0.05) is 42.5 Å². The van der Waals surface area contributed by atoms with Crippen LogP contribution in [0.2, 0.25) is 0 Å². The van der Waals surface area contributed by atoms with Crippen LogP contribution in [0.4, 0.5) is 0 Å². The summed E-state index contributed by atoms with van der Waals surface area (Å²) in [4.78, 5) is 23.9. The number of pyridine rings is 1. The number of carbonyl (C=O) groups excluding carboxylic acids is 1. The van der Waals surface area contributed by atoms with E-state index in [0.29, 0.717) is 17.8 Å². The Bertz CT molecular complexity index is 1100. The number of nitrogens with one attached hydrogen (secondary N) is 1. The predicted octanol–water partition coefficient (Wildman–Crippen LogP) is 2.02. The lowest BCUT2D eigenvalue weighted by molar-refractivity contribution is 0.0707. The molecule has 5 heterocycles. The molecular weight excluding hydrogens is 330 g/mol. The summed E-state index contributed by atoms with van der Waals surface area (Å²) < 4.78 is 1.63. The summed E-state index contributed by atoms with van der Waals surface area (Å²) in [6.07, 6.45) is 8.80. The number of rotatable bonds is 2. The first-order valence-electron chi connectivity index (χ1n) is 8.67. The molecule has 5 rings (SSSR count). The molecule has 1 atom stereocenters. The Balaban J connectivity index is 1.42. The summed E-state index contributed by atoms with van der Waals surface area (Å²) in [6, 6.07) is 5.85. The number of H-pyrrole nitrogens is 1. The molecule has 0 saturated carbocycles. The van der Waals surface area contributed by atoms with Crippen LogP contribution < -0.4 is 0 Å². The maximum Gasteiger partial charge on any atom is 0.259 e. The number of aromatic nitrogens is 6. The quantitative estimate of drug-likeness (QED) is 0.599. The van der Waals surface area contributed by atoms with Crippen molar-refractivity contribution in [3.05, 3.63) is 54.2 Å². The van der Waals surface area contributed by atoms with E-state index < -0.39 is 0 Å².